The van der Waals surface area contributed by atoms with Crippen molar-refractivity contribution in [3.05, 3.63) is 16.9 Å². The molecular weight excluding hydrogens is 266 g/mol. The predicted molar refractivity (Wildman–Crippen MR) is 75.5 cm³/mol. The molecule has 0 aliphatic heterocycles. The van der Waals surface area contributed by atoms with Crippen LogP contribution in [0, 0.1) is 6.92 Å². The van der Waals surface area contributed by atoms with Crippen molar-refractivity contribution in [2.24, 2.45) is 0 Å². The van der Waals surface area contributed by atoms with Crippen molar-refractivity contribution in [3.8, 4) is 0 Å². The Kier molecular flexibility index (Phi) is 5.82. The smallest absolute Gasteiger partial charge is 0.323 e. The maximum Gasteiger partial charge on any atom is 0.323 e. The van der Waals surface area contributed by atoms with E-state index in [0.717, 1.165) is 25.1 Å². The molecule has 0 fully saturated rings. The first-order valence-electron chi connectivity index (χ1n) is 6.57. The molecule has 1 unspecified atom stereocenters. The van der Waals surface area contributed by atoms with Gasteiger partial charge in [0.1, 0.15) is 5.54 Å². The second-order valence-electron chi connectivity index (χ2n) is 4.95. The van der Waals surface area contributed by atoms with E-state index in [1.165, 1.54) is 0 Å². The molecule has 0 aliphatic rings. The Morgan fingerprint density at radius 3 is 2.74 bits per heavy atom. The highest BCUT2D eigenvalue weighted by atomic mass is 35.5. The molecular formula is C13H22ClN3O2. The van der Waals surface area contributed by atoms with E-state index in [1.807, 2.05) is 18.5 Å². The highest BCUT2D eigenvalue weighted by Gasteiger charge is 2.30. The van der Waals surface area contributed by atoms with E-state index in [-0.39, 0.29) is 0 Å². The molecule has 0 spiro atoms. The summed E-state index contributed by atoms with van der Waals surface area (Å²) in [5, 5.41) is 17.2. The molecule has 0 amide bonds. The van der Waals surface area contributed by atoms with Gasteiger partial charge in [-0.05, 0) is 39.7 Å². The van der Waals surface area contributed by atoms with Crippen molar-refractivity contribution < 1.29 is 9.90 Å². The van der Waals surface area contributed by atoms with Gasteiger partial charge < -0.3 is 10.4 Å². The third kappa shape index (κ3) is 4.51. The molecule has 5 nitrogen and oxygen atoms in total. The molecule has 108 valence electrons. The normalized spacial score (nSPS) is 14.3. The van der Waals surface area contributed by atoms with Gasteiger partial charge in [-0.15, -0.1) is 0 Å². The molecule has 1 heterocycles. The molecule has 0 aliphatic carbocycles. The molecule has 0 radical (unpaired) electrons. The number of halogens is 1. The third-order valence-corrected chi connectivity index (χ3v) is 3.61. The fourth-order valence-corrected chi connectivity index (χ4v) is 2.17. The van der Waals surface area contributed by atoms with E-state index in [0.29, 0.717) is 18.0 Å². The maximum atomic E-state index is 11.2. The summed E-state index contributed by atoms with van der Waals surface area (Å²) >= 11 is 5.93. The van der Waals surface area contributed by atoms with Crippen molar-refractivity contribution in [2.45, 2.75) is 52.1 Å². The zero-order valence-electron chi connectivity index (χ0n) is 11.7. The molecule has 0 aromatic carbocycles. The van der Waals surface area contributed by atoms with Gasteiger partial charge in [0, 0.05) is 12.7 Å². The second kappa shape index (κ2) is 6.91. The number of likely N-dealkylation sites (N-methyl/N-ethyl adjacent to an activating group) is 1. The van der Waals surface area contributed by atoms with Gasteiger partial charge in [-0.3, -0.25) is 9.48 Å². The summed E-state index contributed by atoms with van der Waals surface area (Å²) < 4.78 is 1.81. The number of aromatic nitrogens is 2. The molecule has 1 aromatic heterocycles. The van der Waals surface area contributed by atoms with Crippen LogP contribution in [0.25, 0.3) is 0 Å². The van der Waals surface area contributed by atoms with Crippen molar-refractivity contribution >= 4 is 17.6 Å². The summed E-state index contributed by atoms with van der Waals surface area (Å²) in [5.41, 5.74) is -0.0171. The molecule has 1 rings (SSSR count). The SMILES string of the molecule is CCNC(C)(CCCCn1cc(Cl)c(C)n1)C(=O)O. The lowest BCUT2D eigenvalue weighted by Crippen LogP contribution is -2.49. The molecule has 0 saturated heterocycles. The van der Waals surface area contributed by atoms with Crippen LogP contribution < -0.4 is 5.32 Å². The fourth-order valence-electron chi connectivity index (χ4n) is 2.02. The Morgan fingerprint density at radius 1 is 1.58 bits per heavy atom. The number of carboxylic acids is 1. The average Bonchev–Trinajstić information content (AvgIpc) is 2.65. The lowest BCUT2D eigenvalue weighted by atomic mass is 9.95. The predicted octanol–water partition coefficient (Wildman–Crippen LogP) is 2.47. The third-order valence-electron chi connectivity index (χ3n) is 3.24. The molecule has 0 bridgehead atoms. The number of unbranched alkanes of at least 4 members (excludes halogenated alkanes) is 1. The summed E-state index contributed by atoms with van der Waals surface area (Å²) in [5.74, 6) is -0.799. The standard InChI is InChI=1S/C13H22ClN3O2/c1-4-15-13(3,12(18)19)7-5-6-8-17-9-11(14)10(2)16-17/h9,15H,4-8H2,1-3H3,(H,18,19). The fraction of sp³-hybridized carbons (Fsp3) is 0.692. The van der Waals surface area contributed by atoms with E-state index >= 15 is 0 Å². The summed E-state index contributed by atoms with van der Waals surface area (Å²) in [4.78, 5) is 11.2. The molecule has 2 N–H and O–H groups in total. The highest BCUT2D eigenvalue weighted by molar-refractivity contribution is 6.31. The van der Waals surface area contributed by atoms with Gasteiger partial charge in [-0.1, -0.05) is 18.5 Å². The quantitative estimate of drug-likeness (QED) is 0.721. The number of carboxylic acid groups (broad SMARTS) is 1. The Hall–Kier alpha value is -1.07. The van der Waals surface area contributed by atoms with Crippen LogP contribution in [0.15, 0.2) is 6.20 Å². The minimum atomic E-state index is -0.841. The number of nitrogens with one attached hydrogen (secondary N) is 1. The molecule has 0 saturated carbocycles. The number of aliphatic carboxylic acids is 1. The van der Waals surface area contributed by atoms with Gasteiger partial charge in [-0.25, -0.2) is 0 Å². The minimum absolute atomic E-state index is 0.601. The number of hydrogen-bond acceptors (Lipinski definition) is 3. The van der Waals surface area contributed by atoms with Crippen molar-refractivity contribution in [3.63, 3.8) is 0 Å². The van der Waals surface area contributed by atoms with Crippen molar-refractivity contribution in [1.82, 2.24) is 15.1 Å². The largest absolute Gasteiger partial charge is 0.480 e. The van der Waals surface area contributed by atoms with E-state index in [9.17, 15) is 9.90 Å². The van der Waals surface area contributed by atoms with E-state index in [1.54, 1.807) is 13.1 Å². The monoisotopic (exact) mass is 287 g/mol. The Balaban J connectivity index is 2.39. The summed E-state index contributed by atoms with van der Waals surface area (Å²) in [7, 11) is 0. The van der Waals surface area contributed by atoms with Gasteiger partial charge in [0.2, 0.25) is 0 Å². The summed E-state index contributed by atoms with van der Waals surface area (Å²) in [6.45, 7) is 6.92. The number of aryl methyl sites for hydroxylation is 2. The van der Waals surface area contributed by atoms with Crippen LogP contribution in [0.2, 0.25) is 5.02 Å². The van der Waals surface area contributed by atoms with Crippen LogP contribution in [0.3, 0.4) is 0 Å². The van der Waals surface area contributed by atoms with Crippen LogP contribution in [0.4, 0.5) is 0 Å². The lowest BCUT2D eigenvalue weighted by Gasteiger charge is -2.25. The van der Waals surface area contributed by atoms with Gasteiger partial charge in [-0.2, -0.15) is 5.10 Å². The molecule has 1 aromatic rings. The number of hydrogen-bond donors (Lipinski definition) is 2. The van der Waals surface area contributed by atoms with E-state index in [2.05, 4.69) is 10.4 Å². The van der Waals surface area contributed by atoms with Crippen molar-refractivity contribution in [2.75, 3.05) is 6.54 Å². The maximum absolute atomic E-state index is 11.2. The van der Waals surface area contributed by atoms with Crippen LogP contribution in [0.1, 0.15) is 38.8 Å². The Morgan fingerprint density at radius 2 is 2.26 bits per heavy atom. The molecule has 6 heteroatoms. The van der Waals surface area contributed by atoms with Gasteiger partial charge in [0.25, 0.3) is 0 Å². The van der Waals surface area contributed by atoms with E-state index < -0.39 is 11.5 Å². The van der Waals surface area contributed by atoms with Crippen LogP contribution in [-0.4, -0.2) is 32.9 Å². The van der Waals surface area contributed by atoms with Crippen molar-refractivity contribution in [1.29, 1.82) is 0 Å². The first-order valence-corrected chi connectivity index (χ1v) is 6.95. The van der Waals surface area contributed by atoms with Crippen LogP contribution in [-0.2, 0) is 11.3 Å². The Labute approximate surface area is 118 Å². The number of rotatable bonds is 8. The van der Waals surface area contributed by atoms with E-state index in [4.69, 9.17) is 11.6 Å². The van der Waals surface area contributed by atoms with Crippen LogP contribution >= 0.6 is 11.6 Å². The van der Waals surface area contributed by atoms with Crippen LogP contribution in [0.5, 0.6) is 0 Å². The van der Waals surface area contributed by atoms with Gasteiger partial charge >= 0.3 is 5.97 Å². The first kappa shape index (κ1) is 16.0. The summed E-state index contributed by atoms with van der Waals surface area (Å²) in [6, 6.07) is 0. The molecule has 1 atom stereocenters. The Bertz CT molecular complexity index is 414. The second-order valence-corrected chi connectivity index (χ2v) is 5.36. The highest BCUT2D eigenvalue weighted by Crippen LogP contribution is 2.16. The topological polar surface area (TPSA) is 67.2 Å². The van der Waals surface area contributed by atoms with Gasteiger partial charge in [0.15, 0.2) is 0 Å². The molecule has 19 heavy (non-hydrogen) atoms. The number of carbonyl (C=O) groups is 1. The first-order chi connectivity index (χ1) is 8.89. The number of nitrogens with zero attached hydrogens (tertiary/aromatic N) is 2. The summed E-state index contributed by atoms with van der Waals surface area (Å²) in [6.07, 6.45) is 4.11. The minimum Gasteiger partial charge on any atom is -0.480 e. The average molecular weight is 288 g/mol. The zero-order chi connectivity index (χ0) is 14.5. The zero-order valence-corrected chi connectivity index (χ0v) is 12.5. The lowest BCUT2D eigenvalue weighted by molar-refractivity contribution is -0.144. The van der Waals surface area contributed by atoms with Gasteiger partial charge in [0.05, 0.1) is 10.7 Å².